The summed E-state index contributed by atoms with van der Waals surface area (Å²) in [4.78, 5) is 18.6. The van der Waals surface area contributed by atoms with Crippen LogP contribution in [-0.4, -0.2) is 15.5 Å². The van der Waals surface area contributed by atoms with Crippen LogP contribution in [0.2, 0.25) is 5.02 Å². The summed E-state index contributed by atoms with van der Waals surface area (Å²) >= 11 is 7.67. The summed E-state index contributed by atoms with van der Waals surface area (Å²) in [6.07, 6.45) is 3.62. The van der Waals surface area contributed by atoms with Gasteiger partial charge >= 0.3 is 0 Å². The lowest BCUT2D eigenvalue weighted by Crippen LogP contribution is -2.31. The van der Waals surface area contributed by atoms with Gasteiger partial charge in [-0.3, -0.25) is 4.79 Å². The van der Waals surface area contributed by atoms with Gasteiger partial charge in [-0.25, -0.2) is 4.98 Å². The van der Waals surface area contributed by atoms with Gasteiger partial charge in [-0.15, -0.1) is 11.8 Å². The fourth-order valence-electron chi connectivity index (χ4n) is 3.26. The summed E-state index contributed by atoms with van der Waals surface area (Å²) in [5, 5.41) is 3.87. The Bertz CT molecular complexity index is 1140. The number of hydrogen-bond donors (Lipinski definition) is 1. The van der Waals surface area contributed by atoms with Crippen LogP contribution in [0.25, 0.3) is 0 Å². The Hall–Kier alpha value is -3.02. The molecular formula is C25H22ClN3OS. The molecular weight excluding hydrogens is 426 g/mol. The maximum Gasteiger partial charge on any atom is 0.252 e. The number of halogens is 1. The second-order valence-corrected chi connectivity index (χ2v) is 8.64. The molecule has 31 heavy (non-hydrogen) atoms. The number of carbonyl (C=O) groups is 1. The fraction of sp³-hybridized carbons (Fsp3) is 0.120. The first kappa shape index (κ1) is 21.2. The second-order valence-electron chi connectivity index (χ2n) is 7.15. The number of aromatic nitrogens is 2. The van der Waals surface area contributed by atoms with Crippen LogP contribution in [0.1, 0.15) is 33.4 Å². The van der Waals surface area contributed by atoms with Gasteiger partial charge in [-0.1, -0.05) is 54.1 Å². The maximum atomic E-state index is 13.0. The SMILES string of the molecule is Cn1ccnc1[C@@H](NC(=O)c1ccc(CSc2ccc(Cl)cc2)cc1)c1ccccc1. The number of amides is 1. The summed E-state index contributed by atoms with van der Waals surface area (Å²) < 4.78 is 1.93. The van der Waals surface area contributed by atoms with Gasteiger partial charge in [0.1, 0.15) is 11.9 Å². The summed E-state index contributed by atoms with van der Waals surface area (Å²) in [7, 11) is 1.93. The van der Waals surface area contributed by atoms with Crippen molar-refractivity contribution in [1.82, 2.24) is 14.9 Å². The van der Waals surface area contributed by atoms with Crippen molar-refractivity contribution in [3.8, 4) is 0 Å². The van der Waals surface area contributed by atoms with E-state index in [2.05, 4.69) is 10.3 Å². The zero-order valence-electron chi connectivity index (χ0n) is 17.0. The van der Waals surface area contributed by atoms with E-state index in [0.717, 1.165) is 32.6 Å². The first-order valence-corrected chi connectivity index (χ1v) is 11.3. The standard InChI is InChI=1S/C25H22ClN3OS/c1-29-16-15-27-24(29)23(19-5-3-2-4-6-19)28-25(30)20-9-7-18(8-10-20)17-31-22-13-11-21(26)12-14-22/h2-16,23H,17H2,1H3,(H,28,30)/t23-/m0/s1. The predicted molar refractivity (Wildman–Crippen MR) is 126 cm³/mol. The Morgan fingerprint density at radius 2 is 1.74 bits per heavy atom. The van der Waals surface area contributed by atoms with E-state index >= 15 is 0 Å². The Morgan fingerprint density at radius 1 is 1.03 bits per heavy atom. The van der Waals surface area contributed by atoms with Crippen molar-refractivity contribution in [2.24, 2.45) is 7.05 Å². The van der Waals surface area contributed by atoms with Crippen LogP contribution < -0.4 is 5.32 Å². The highest BCUT2D eigenvalue weighted by atomic mass is 35.5. The molecule has 0 aliphatic heterocycles. The molecule has 0 unspecified atom stereocenters. The van der Waals surface area contributed by atoms with Crippen LogP contribution in [0, 0.1) is 0 Å². The van der Waals surface area contributed by atoms with E-state index in [0.29, 0.717) is 5.56 Å². The van der Waals surface area contributed by atoms with Crippen LogP contribution >= 0.6 is 23.4 Å². The smallest absolute Gasteiger partial charge is 0.252 e. The lowest BCUT2D eigenvalue weighted by atomic mass is 10.1. The summed E-state index contributed by atoms with van der Waals surface area (Å²) in [5.41, 5.74) is 2.76. The van der Waals surface area contributed by atoms with Crippen molar-refractivity contribution in [3.63, 3.8) is 0 Å². The summed E-state index contributed by atoms with van der Waals surface area (Å²) in [5.74, 6) is 1.48. The van der Waals surface area contributed by atoms with Gasteiger partial charge in [0, 0.05) is 40.7 Å². The normalized spacial score (nSPS) is 11.8. The number of hydrogen-bond acceptors (Lipinski definition) is 3. The molecule has 3 aromatic carbocycles. The van der Waals surface area contributed by atoms with Crippen LogP contribution in [0.5, 0.6) is 0 Å². The lowest BCUT2D eigenvalue weighted by Gasteiger charge is -2.19. The molecule has 0 fully saturated rings. The highest BCUT2D eigenvalue weighted by Crippen LogP contribution is 2.25. The van der Waals surface area contributed by atoms with E-state index in [1.54, 1.807) is 18.0 Å². The highest BCUT2D eigenvalue weighted by molar-refractivity contribution is 7.98. The first-order chi connectivity index (χ1) is 15.1. The molecule has 0 aliphatic rings. The van der Waals surface area contributed by atoms with Gasteiger partial charge in [0.2, 0.25) is 0 Å². The molecule has 6 heteroatoms. The van der Waals surface area contributed by atoms with E-state index in [1.165, 1.54) is 0 Å². The monoisotopic (exact) mass is 447 g/mol. The number of imidazole rings is 1. The molecule has 4 nitrogen and oxygen atoms in total. The average Bonchev–Trinajstić information content (AvgIpc) is 3.23. The fourth-order valence-corrected chi connectivity index (χ4v) is 4.24. The van der Waals surface area contributed by atoms with E-state index in [9.17, 15) is 4.79 Å². The Balaban J connectivity index is 1.45. The van der Waals surface area contributed by atoms with E-state index in [-0.39, 0.29) is 11.9 Å². The molecule has 0 saturated heterocycles. The third-order valence-corrected chi connectivity index (χ3v) is 6.30. The molecule has 1 aromatic heterocycles. The third-order valence-electron chi connectivity index (χ3n) is 4.96. The van der Waals surface area contributed by atoms with Crippen molar-refractivity contribution in [2.45, 2.75) is 16.7 Å². The molecule has 0 aliphatic carbocycles. The molecule has 4 rings (SSSR count). The summed E-state index contributed by atoms with van der Waals surface area (Å²) in [6, 6.07) is 25.1. The molecule has 1 heterocycles. The highest BCUT2D eigenvalue weighted by Gasteiger charge is 2.21. The van der Waals surface area contributed by atoms with Gasteiger partial charge in [-0.05, 0) is 47.5 Å². The number of nitrogens with one attached hydrogen (secondary N) is 1. The van der Waals surface area contributed by atoms with Crippen molar-refractivity contribution in [1.29, 1.82) is 0 Å². The van der Waals surface area contributed by atoms with Gasteiger partial charge in [0.15, 0.2) is 0 Å². The second kappa shape index (κ2) is 9.86. The minimum atomic E-state index is -0.325. The van der Waals surface area contributed by atoms with E-state index < -0.39 is 0 Å². The molecule has 0 saturated carbocycles. The zero-order valence-corrected chi connectivity index (χ0v) is 18.6. The minimum Gasteiger partial charge on any atom is -0.338 e. The van der Waals surface area contributed by atoms with Crippen molar-refractivity contribution >= 4 is 29.3 Å². The molecule has 0 bridgehead atoms. The molecule has 1 atom stereocenters. The van der Waals surface area contributed by atoms with Crippen LogP contribution in [0.4, 0.5) is 0 Å². The number of carbonyl (C=O) groups excluding carboxylic acids is 1. The quantitative estimate of drug-likeness (QED) is 0.359. The molecule has 1 N–H and O–H groups in total. The largest absolute Gasteiger partial charge is 0.338 e. The molecule has 0 radical (unpaired) electrons. The van der Waals surface area contributed by atoms with Gasteiger partial charge in [-0.2, -0.15) is 0 Å². The molecule has 4 aromatic rings. The van der Waals surface area contributed by atoms with Gasteiger partial charge in [0.25, 0.3) is 5.91 Å². The summed E-state index contributed by atoms with van der Waals surface area (Å²) in [6.45, 7) is 0. The third kappa shape index (κ3) is 5.37. The van der Waals surface area contributed by atoms with Crippen LogP contribution in [0.15, 0.2) is 96.2 Å². The van der Waals surface area contributed by atoms with Gasteiger partial charge < -0.3 is 9.88 Å². The molecule has 156 valence electrons. The maximum absolute atomic E-state index is 13.0. The number of thioether (sulfide) groups is 1. The predicted octanol–water partition coefficient (Wildman–Crippen LogP) is 5.89. The number of rotatable bonds is 7. The van der Waals surface area contributed by atoms with Gasteiger partial charge in [0.05, 0.1) is 0 Å². The Labute approximate surface area is 191 Å². The molecule has 1 amide bonds. The van der Waals surface area contributed by atoms with Crippen molar-refractivity contribution < 1.29 is 4.79 Å². The Morgan fingerprint density at radius 3 is 2.39 bits per heavy atom. The first-order valence-electron chi connectivity index (χ1n) is 9.90. The van der Waals surface area contributed by atoms with Crippen LogP contribution in [0.3, 0.4) is 0 Å². The van der Waals surface area contributed by atoms with E-state index in [4.69, 9.17) is 11.6 Å². The lowest BCUT2D eigenvalue weighted by molar-refractivity contribution is 0.0941. The zero-order chi connectivity index (χ0) is 21.6. The van der Waals surface area contributed by atoms with E-state index in [1.807, 2.05) is 96.7 Å². The van der Waals surface area contributed by atoms with Crippen molar-refractivity contribution in [2.75, 3.05) is 0 Å². The van der Waals surface area contributed by atoms with Crippen molar-refractivity contribution in [3.05, 3.63) is 119 Å². The topological polar surface area (TPSA) is 46.9 Å². The average molecular weight is 448 g/mol. The minimum absolute atomic E-state index is 0.131. The number of nitrogens with zero attached hydrogens (tertiary/aromatic N) is 2. The molecule has 0 spiro atoms. The van der Waals surface area contributed by atoms with Crippen LogP contribution in [-0.2, 0) is 12.8 Å². The Kier molecular flexibility index (Phi) is 6.75. The number of benzene rings is 3. The number of aryl methyl sites for hydroxylation is 1.